The Balaban J connectivity index is 0.000000157. The average molecular weight is 1880 g/mol. The van der Waals surface area contributed by atoms with Crippen molar-refractivity contribution in [2.24, 2.45) is 0 Å². The van der Waals surface area contributed by atoms with E-state index >= 15 is 0 Å². The maximum atomic E-state index is 2.65. The number of hydrogen-bond donors (Lipinski definition) is 0. The Morgan fingerprint density at radius 3 is 0.863 bits per heavy atom. The molecule has 0 radical (unpaired) electrons. The van der Waals surface area contributed by atoms with E-state index in [0.717, 1.165) is 102 Å². The second-order valence-corrected chi connectivity index (χ2v) is 41.9. The van der Waals surface area contributed by atoms with Crippen LogP contribution in [0.15, 0.2) is 516 Å². The first-order chi connectivity index (χ1) is 71.4. The molecule has 4 aliphatic rings. The summed E-state index contributed by atoms with van der Waals surface area (Å²) in [6.45, 7) is 20.8. The number of rotatable bonds is 17. The highest BCUT2D eigenvalue weighted by Gasteiger charge is 2.49. The van der Waals surface area contributed by atoms with E-state index in [2.05, 4.69) is 607 Å². The molecule has 700 valence electrons. The van der Waals surface area contributed by atoms with Gasteiger partial charge >= 0.3 is 0 Å². The van der Waals surface area contributed by atoms with Gasteiger partial charge in [-0.2, -0.15) is 0 Å². The Kier molecular flexibility index (Phi) is 23.6. The van der Waals surface area contributed by atoms with Crippen molar-refractivity contribution in [3.05, 3.63) is 532 Å². The molecule has 0 fully saturated rings. The van der Waals surface area contributed by atoms with Crippen LogP contribution >= 0.6 is 0 Å². The molecular weight excluding hydrogens is 1760 g/mol. The molecule has 4 heterocycles. The lowest BCUT2D eigenvalue weighted by Gasteiger charge is -2.46. The van der Waals surface area contributed by atoms with Gasteiger partial charge < -0.3 is 29.4 Å². The lowest BCUT2D eigenvalue weighted by atomic mass is 9.33. The van der Waals surface area contributed by atoms with Gasteiger partial charge in [-0.1, -0.05) is 438 Å². The number of nitrogens with zero attached hydrogens (tertiary/aromatic N) is 6. The Morgan fingerprint density at radius 1 is 0.164 bits per heavy atom. The summed E-state index contributed by atoms with van der Waals surface area (Å²) in [6.07, 6.45) is 0. The quantitative estimate of drug-likeness (QED) is 0.0841. The third-order valence-corrected chi connectivity index (χ3v) is 29.7. The fourth-order valence-corrected chi connectivity index (χ4v) is 22.5. The van der Waals surface area contributed by atoms with Gasteiger partial charge in [0.05, 0.1) is 17.1 Å². The fraction of sp³-hybridized carbons (Fsp3) is 0.0870. The highest BCUT2D eigenvalue weighted by molar-refractivity contribution is 7.01. The van der Waals surface area contributed by atoms with Gasteiger partial charge in [-0.15, -0.1) is 0 Å². The van der Waals surface area contributed by atoms with Crippen molar-refractivity contribution in [2.75, 3.05) is 29.4 Å². The van der Waals surface area contributed by atoms with Gasteiger partial charge in [-0.25, -0.2) is 0 Å². The number of fused-ring (bicyclic) bond motifs is 8. The van der Waals surface area contributed by atoms with Crippen LogP contribution in [0.3, 0.4) is 0 Å². The summed E-state index contributed by atoms with van der Waals surface area (Å²) in [5.41, 5.74) is 48.1. The summed E-state index contributed by atoms with van der Waals surface area (Å²) in [5, 5.41) is 0. The lowest BCUT2D eigenvalue weighted by Crippen LogP contribution is -2.61. The molecule has 0 bridgehead atoms. The number of anilines is 18. The van der Waals surface area contributed by atoms with Crippen LogP contribution in [-0.2, 0) is 16.2 Å². The molecule has 6 nitrogen and oxygen atoms in total. The topological polar surface area (TPSA) is 19.4 Å². The van der Waals surface area contributed by atoms with Crippen molar-refractivity contribution in [1.29, 1.82) is 0 Å². The van der Waals surface area contributed by atoms with Crippen molar-refractivity contribution < 1.29 is 0 Å². The summed E-state index contributed by atoms with van der Waals surface area (Å²) in [4.78, 5) is 15.2. The minimum atomic E-state index is -0.111. The number of benzene rings is 21. The van der Waals surface area contributed by atoms with Crippen LogP contribution < -0.4 is 62.2 Å². The molecule has 8 heteroatoms. The van der Waals surface area contributed by atoms with Gasteiger partial charge in [0.2, 0.25) is 0 Å². The third kappa shape index (κ3) is 16.8. The van der Waals surface area contributed by atoms with Crippen LogP contribution in [-0.4, -0.2) is 13.4 Å². The van der Waals surface area contributed by atoms with Crippen molar-refractivity contribution in [2.45, 2.75) is 78.6 Å². The minimum absolute atomic E-state index is 0.0894. The van der Waals surface area contributed by atoms with Gasteiger partial charge in [0, 0.05) is 108 Å². The first kappa shape index (κ1) is 91.1. The van der Waals surface area contributed by atoms with E-state index < -0.39 is 0 Å². The standard InChI is InChI=1S/C70H54BN3.C68H58BN3/c1-70(2,3)55-41-43-64-63(46-55)71-62-42-40-54(50-26-12-5-13-27-50)45-65(62)73(58-37-22-32-53(44-58)49-24-10-4-11-25-49)66-47-59(72(56-33-18-8-19-34-56)57-35-20-9-21-36-57)48-67(68(66)71)74(64)69-60(51-28-14-6-15-29-51)38-23-39-61(69)52-30-16-7-17-31-52;1-67(2,3)51-37-40-61-60(45-51)69-59-39-38-56(70(53-31-19-10-20-32-53)54-33-21-11-22-34-54)46-62(59)71(55-35-23-12-24-36-55)63-41-50(47-25-13-7-14-26-47)42-64(65(63)69)72(61)66-57(48-27-15-8-16-28-48)43-52(68(4,5)6)44-58(66)49-29-17-9-18-30-49/h4-48H,1-3H3;7-46H,1-6H3. The molecule has 0 aromatic heterocycles. The Bertz CT molecular complexity index is 8190. The molecule has 0 N–H and O–H groups in total. The number of hydrogen-bond acceptors (Lipinski definition) is 6. The average Bonchev–Trinajstić information content (AvgIpc) is 0.690. The minimum Gasteiger partial charge on any atom is -0.311 e. The van der Waals surface area contributed by atoms with E-state index in [0.29, 0.717) is 0 Å². The maximum Gasteiger partial charge on any atom is 0.252 e. The molecule has 25 rings (SSSR count). The zero-order chi connectivity index (χ0) is 98.9. The van der Waals surface area contributed by atoms with Gasteiger partial charge in [0.25, 0.3) is 13.4 Å². The zero-order valence-electron chi connectivity index (χ0n) is 83.9. The predicted octanol–water partition coefficient (Wildman–Crippen LogP) is 34.0. The molecular formula is C138H112B2N6. The van der Waals surface area contributed by atoms with E-state index in [1.807, 2.05) is 0 Å². The lowest BCUT2D eigenvalue weighted by molar-refractivity contribution is 0.590. The molecule has 0 saturated heterocycles. The van der Waals surface area contributed by atoms with Gasteiger partial charge in [0.15, 0.2) is 0 Å². The summed E-state index contributed by atoms with van der Waals surface area (Å²) in [6, 6.07) is 191. The Hall–Kier alpha value is -17.5. The van der Waals surface area contributed by atoms with E-state index in [4.69, 9.17) is 0 Å². The molecule has 0 amide bonds. The third-order valence-electron chi connectivity index (χ3n) is 29.7. The van der Waals surface area contributed by atoms with E-state index in [1.165, 1.54) is 128 Å². The Morgan fingerprint density at radius 2 is 0.452 bits per heavy atom. The van der Waals surface area contributed by atoms with E-state index in [1.54, 1.807) is 0 Å². The molecule has 0 atom stereocenters. The van der Waals surface area contributed by atoms with Crippen LogP contribution in [0.2, 0.25) is 0 Å². The first-order valence-electron chi connectivity index (χ1n) is 51.2. The Labute approximate surface area is 860 Å². The van der Waals surface area contributed by atoms with Crippen LogP contribution in [0, 0.1) is 0 Å². The molecule has 0 aliphatic carbocycles. The van der Waals surface area contributed by atoms with E-state index in [-0.39, 0.29) is 29.7 Å². The largest absolute Gasteiger partial charge is 0.311 e. The second kappa shape index (κ2) is 37.8. The highest BCUT2D eigenvalue weighted by Crippen LogP contribution is 2.57. The summed E-state index contributed by atoms with van der Waals surface area (Å²) in [5.74, 6) is 0. The van der Waals surface area contributed by atoms with Crippen molar-refractivity contribution in [3.63, 3.8) is 0 Å². The molecule has 21 aromatic rings. The second-order valence-electron chi connectivity index (χ2n) is 41.9. The molecule has 0 saturated carbocycles. The number of para-hydroxylation sites is 6. The highest BCUT2D eigenvalue weighted by atomic mass is 15.2. The summed E-state index contributed by atoms with van der Waals surface area (Å²) >= 11 is 0. The summed E-state index contributed by atoms with van der Waals surface area (Å²) in [7, 11) is 0. The normalized spacial score (nSPS) is 12.6. The molecule has 0 unspecified atom stereocenters. The van der Waals surface area contributed by atoms with Crippen LogP contribution in [0.1, 0.15) is 79.0 Å². The van der Waals surface area contributed by atoms with Crippen LogP contribution in [0.25, 0.3) is 77.9 Å². The SMILES string of the molecule is CC(C)(C)c1ccc2c(c1)B1c3ccc(-c4ccccc4)cc3N(c3cccc(-c4ccccc4)c3)c3cc(N(c4ccccc4)c4ccccc4)cc(c31)N2c1c(-c2ccccc2)cccc1-c1ccccc1.CC(C)(C)c1ccc2c(c1)B1c3ccc(N(c4ccccc4)c4ccccc4)cc3N(c3ccccc3)c3cc(-c4ccccc4)cc(c31)N2c1c(-c2ccccc2)cc(C(C)(C)C)cc1-c1ccccc1. The van der Waals surface area contributed by atoms with Crippen molar-refractivity contribution in [3.8, 4) is 77.9 Å². The monoisotopic (exact) mass is 1870 g/mol. The molecule has 21 aromatic carbocycles. The smallest absolute Gasteiger partial charge is 0.252 e. The van der Waals surface area contributed by atoms with Gasteiger partial charge in [0.1, 0.15) is 0 Å². The van der Waals surface area contributed by atoms with Gasteiger partial charge in [-0.05, 0) is 261 Å². The fourth-order valence-electron chi connectivity index (χ4n) is 22.5. The van der Waals surface area contributed by atoms with Gasteiger partial charge in [-0.3, -0.25) is 0 Å². The molecule has 4 aliphatic heterocycles. The first-order valence-corrected chi connectivity index (χ1v) is 51.2. The predicted molar refractivity (Wildman–Crippen MR) is 624 cm³/mol. The van der Waals surface area contributed by atoms with Crippen LogP contribution in [0.4, 0.5) is 102 Å². The molecule has 146 heavy (non-hydrogen) atoms. The van der Waals surface area contributed by atoms with Crippen molar-refractivity contribution >= 4 is 149 Å². The zero-order valence-corrected chi connectivity index (χ0v) is 83.9. The van der Waals surface area contributed by atoms with Crippen molar-refractivity contribution in [1.82, 2.24) is 0 Å². The molecule has 0 spiro atoms. The maximum absolute atomic E-state index is 2.65. The summed E-state index contributed by atoms with van der Waals surface area (Å²) < 4.78 is 0. The van der Waals surface area contributed by atoms with Crippen LogP contribution in [0.5, 0.6) is 0 Å². The van der Waals surface area contributed by atoms with E-state index in [9.17, 15) is 0 Å².